The number of aryl methyl sites for hydroxylation is 1. The van der Waals surface area contributed by atoms with Crippen molar-refractivity contribution in [2.75, 3.05) is 18.9 Å². The topological polar surface area (TPSA) is 98.8 Å². The van der Waals surface area contributed by atoms with Crippen molar-refractivity contribution in [3.8, 4) is 0 Å². The van der Waals surface area contributed by atoms with Crippen LogP contribution in [0, 0.1) is 6.92 Å². The molecule has 0 heterocycles. The zero-order chi connectivity index (χ0) is 19.7. The number of hydrogen-bond acceptors (Lipinski definition) is 6. The van der Waals surface area contributed by atoms with Gasteiger partial charge in [0.1, 0.15) is 19.8 Å². The Morgan fingerprint density at radius 3 is 2.30 bits per heavy atom. The SMILES string of the molecule is Cc1ccc(S(=O)(=O)CCOC(=O)CNC(=O)OCc2ccccc2)cc1. The minimum Gasteiger partial charge on any atom is -0.463 e. The highest BCUT2D eigenvalue weighted by molar-refractivity contribution is 7.91. The Morgan fingerprint density at radius 2 is 1.63 bits per heavy atom. The molecule has 0 aliphatic carbocycles. The zero-order valence-electron chi connectivity index (χ0n) is 14.9. The van der Waals surface area contributed by atoms with Crippen LogP contribution in [0.1, 0.15) is 11.1 Å². The predicted octanol–water partition coefficient (Wildman–Crippen LogP) is 2.24. The maximum atomic E-state index is 12.1. The number of hydrogen-bond donors (Lipinski definition) is 1. The van der Waals surface area contributed by atoms with Crippen LogP contribution in [0.15, 0.2) is 59.5 Å². The largest absolute Gasteiger partial charge is 0.463 e. The summed E-state index contributed by atoms with van der Waals surface area (Å²) in [4.78, 5) is 23.3. The fourth-order valence-corrected chi connectivity index (χ4v) is 3.19. The van der Waals surface area contributed by atoms with Crippen molar-refractivity contribution in [2.24, 2.45) is 0 Å². The highest BCUT2D eigenvalue weighted by atomic mass is 32.2. The summed E-state index contributed by atoms with van der Waals surface area (Å²) in [6.07, 6.45) is -0.761. The van der Waals surface area contributed by atoms with Crippen molar-refractivity contribution in [2.45, 2.75) is 18.4 Å². The van der Waals surface area contributed by atoms with Crippen molar-refractivity contribution in [1.29, 1.82) is 0 Å². The van der Waals surface area contributed by atoms with E-state index in [1.807, 2.05) is 25.1 Å². The molecule has 0 bridgehead atoms. The van der Waals surface area contributed by atoms with Crippen LogP contribution in [0.2, 0.25) is 0 Å². The van der Waals surface area contributed by atoms with Crippen LogP contribution in [-0.4, -0.2) is 39.4 Å². The third-order valence-corrected chi connectivity index (χ3v) is 5.28. The number of sulfone groups is 1. The first kappa shape index (κ1) is 20.4. The molecule has 2 rings (SSSR count). The summed E-state index contributed by atoms with van der Waals surface area (Å²) in [6.45, 7) is 1.24. The van der Waals surface area contributed by atoms with Crippen LogP contribution < -0.4 is 5.32 Å². The minimum atomic E-state index is -3.53. The Morgan fingerprint density at radius 1 is 0.963 bits per heavy atom. The van der Waals surface area contributed by atoms with Crippen molar-refractivity contribution in [1.82, 2.24) is 5.32 Å². The van der Waals surface area contributed by atoms with E-state index in [0.29, 0.717) is 0 Å². The molecule has 7 nitrogen and oxygen atoms in total. The average Bonchev–Trinajstić information content (AvgIpc) is 2.66. The lowest BCUT2D eigenvalue weighted by Crippen LogP contribution is -2.31. The maximum Gasteiger partial charge on any atom is 0.407 e. The van der Waals surface area contributed by atoms with Crippen molar-refractivity contribution in [3.63, 3.8) is 0 Å². The van der Waals surface area contributed by atoms with E-state index in [2.05, 4.69) is 5.32 Å². The van der Waals surface area contributed by atoms with Gasteiger partial charge in [0.2, 0.25) is 0 Å². The molecule has 0 atom stereocenters. The molecule has 1 N–H and O–H groups in total. The molecule has 144 valence electrons. The van der Waals surface area contributed by atoms with Gasteiger partial charge in [-0.2, -0.15) is 0 Å². The molecule has 0 spiro atoms. The fraction of sp³-hybridized carbons (Fsp3) is 0.263. The van der Waals surface area contributed by atoms with E-state index in [4.69, 9.17) is 9.47 Å². The number of carbonyl (C=O) groups excluding carboxylic acids is 2. The Balaban J connectivity index is 1.67. The first-order valence-electron chi connectivity index (χ1n) is 8.26. The van der Waals surface area contributed by atoms with E-state index in [0.717, 1.165) is 11.1 Å². The number of carbonyl (C=O) groups is 2. The number of nitrogens with one attached hydrogen (secondary N) is 1. The van der Waals surface area contributed by atoms with Gasteiger partial charge in [0.05, 0.1) is 10.6 Å². The van der Waals surface area contributed by atoms with Crippen LogP contribution >= 0.6 is 0 Å². The highest BCUT2D eigenvalue weighted by Gasteiger charge is 2.15. The van der Waals surface area contributed by atoms with Gasteiger partial charge in [-0.15, -0.1) is 0 Å². The van der Waals surface area contributed by atoms with Gasteiger partial charge >= 0.3 is 12.1 Å². The number of alkyl carbamates (subject to hydrolysis) is 1. The molecule has 0 unspecified atom stereocenters. The van der Waals surface area contributed by atoms with Gasteiger partial charge < -0.3 is 14.8 Å². The predicted molar refractivity (Wildman–Crippen MR) is 98.8 cm³/mol. The van der Waals surface area contributed by atoms with Crippen molar-refractivity contribution in [3.05, 3.63) is 65.7 Å². The molecule has 0 fully saturated rings. The molecule has 27 heavy (non-hydrogen) atoms. The summed E-state index contributed by atoms with van der Waals surface area (Å²) in [5, 5.41) is 2.25. The van der Waals surface area contributed by atoms with Crippen molar-refractivity contribution >= 4 is 21.9 Å². The maximum absolute atomic E-state index is 12.1. The van der Waals surface area contributed by atoms with Gasteiger partial charge in [-0.05, 0) is 24.6 Å². The molecule has 2 aromatic carbocycles. The van der Waals surface area contributed by atoms with E-state index in [9.17, 15) is 18.0 Å². The molecular formula is C19H21NO6S. The third-order valence-electron chi connectivity index (χ3n) is 3.59. The van der Waals surface area contributed by atoms with E-state index in [1.54, 1.807) is 24.3 Å². The number of ether oxygens (including phenoxy) is 2. The first-order chi connectivity index (χ1) is 12.9. The fourth-order valence-electron chi connectivity index (χ4n) is 2.10. The lowest BCUT2D eigenvalue weighted by atomic mass is 10.2. The van der Waals surface area contributed by atoms with E-state index >= 15 is 0 Å². The lowest BCUT2D eigenvalue weighted by Gasteiger charge is -2.08. The van der Waals surface area contributed by atoms with Crippen molar-refractivity contribution < 1.29 is 27.5 Å². The van der Waals surface area contributed by atoms with E-state index in [-0.39, 0.29) is 23.9 Å². The number of benzene rings is 2. The summed E-state index contributed by atoms with van der Waals surface area (Å²) in [5.41, 5.74) is 1.77. The molecule has 0 saturated carbocycles. The Hall–Kier alpha value is -2.87. The summed E-state index contributed by atoms with van der Waals surface area (Å²) < 4.78 is 34.1. The summed E-state index contributed by atoms with van der Waals surface area (Å²) in [5.74, 6) is -1.08. The molecule has 0 aliphatic heterocycles. The molecule has 0 radical (unpaired) electrons. The third kappa shape index (κ3) is 7.10. The lowest BCUT2D eigenvalue weighted by molar-refractivity contribution is -0.141. The molecule has 0 saturated heterocycles. The normalized spacial score (nSPS) is 10.9. The quantitative estimate of drug-likeness (QED) is 0.693. The Labute approximate surface area is 158 Å². The van der Waals surface area contributed by atoms with Gasteiger partial charge in [0.25, 0.3) is 0 Å². The van der Waals surface area contributed by atoms with Gasteiger partial charge in [-0.1, -0.05) is 48.0 Å². The number of amides is 1. The molecule has 8 heteroatoms. The monoisotopic (exact) mass is 391 g/mol. The molecular weight excluding hydrogens is 370 g/mol. The second kappa shape index (κ2) is 9.72. The Bertz CT molecular complexity index is 863. The molecule has 2 aromatic rings. The molecule has 1 amide bonds. The van der Waals surface area contributed by atoms with Crippen LogP contribution in [0.5, 0.6) is 0 Å². The van der Waals surface area contributed by atoms with Gasteiger partial charge in [0.15, 0.2) is 9.84 Å². The van der Waals surface area contributed by atoms with E-state index < -0.39 is 28.4 Å². The molecule has 0 aromatic heterocycles. The van der Waals surface area contributed by atoms with Gasteiger partial charge in [-0.3, -0.25) is 4.79 Å². The van der Waals surface area contributed by atoms with Gasteiger partial charge in [0, 0.05) is 0 Å². The highest BCUT2D eigenvalue weighted by Crippen LogP contribution is 2.12. The summed E-state index contributed by atoms with van der Waals surface area (Å²) in [7, 11) is -3.53. The van der Waals surface area contributed by atoms with Crippen LogP contribution in [0.4, 0.5) is 4.79 Å². The standard InChI is InChI=1S/C19H21NO6S/c1-15-7-9-17(10-8-15)27(23,24)12-11-25-18(21)13-20-19(22)26-14-16-5-3-2-4-6-16/h2-10H,11-14H2,1H3,(H,20,22). The summed E-state index contributed by atoms with van der Waals surface area (Å²) in [6, 6.07) is 15.5. The Kier molecular flexibility index (Phi) is 7.36. The first-order valence-corrected chi connectivity index (χ1v) is 9.91. The van der Waals surface area contributed by atoms with Gasteiger partial charge in [-0.25, -0.2) is 13.2 Å². The number of esters is 1. The second-order valence-electron chi connectivity index (χ2n) is 5.77. The smallest absolute Gasteiger partial charge is 0.407 e. The second-order valence-corrected chi connectivity index (χ2v) is 7.88. The van der Waals surface area contributed by atoms with E-state index in [1.165, 1.54) is 12.1 Å². The zero-order valence-corrected chi connectivity index (χ0v) is 15.7. The van der Waals surface area contributed by atoms with Crippen LogP contribution in [-0.2, 0) is 30.7 Å². The van der Waals surface area contributed by atoms with Crippen LogP contribution in [0.25, 0.3) is 0 Å². The minimum absolute atomic E-state index is 0.0799. The average molecular weight is 391 g/mol. The number of rotatable bonds is 8. The summed E-state index contributed by atoms with van der Waals surface area (Å²) >= 11 is 0. The van der Waals surface area contributed by atoms with Crippen LogP contribution in [0.3, 0.4) is 0 Å². The molecule has 0 aliphatic rings.